The summed E-state index contributed by atoms with van der Waals surface area (Å²) in [4.78, 5) is 37.2. The molecule has 1 aromatic carbocycles. The lowest BCUT2D eigenvalue weighted by atomic mass is 10.1. The molecule has 2 atom stereocenters. The Morgan fingerprint density at radius 2 is 2.16 bits per heavy atom. The van der Waals surface area contributed by atoms with Gasteiger partial charge >= 0.3 is 6.03 Å². The third kappa shape index (κ3) is 5.20. The van der Waals surface area contributed by atoms with Crippen molar-refractivity contribution in [1.29, 1.82) is 0 Å². The molecule has 0 aromatic heterocycles. The van der Waals surface area contributed by atoms with E-state index in [-0.39, 0.29) is 30.2 Å². The fourth-order valence-electron chi connectivity index (χ4n) is 3.14. The minimum Gasteiger partial charge on any atom is -0.352 e. The number of primary amides is 1. The predicted molar refractivity (Wildman–Crippen MR) is 95.7 cm³/mol. The van der Waals surface area contributed by atoms with Crippen molar-refractivity contribution in [2.24, 2.45) is 11.7 Å². The van der Waals surface area contributed by atoms with E-state index in [9.17, 15) is 14.4 Å². The summed E-state index contributed by atoms with van der Waals surface area (Å²) in [5.74, 6) is -0.375. The zero-order chi connectivity index (χ0) is 18.4. The van der Waals surface area contributed by atoms with Crippen LogP contribution in [-0.4, -0.2) is 35.3 Å². The maximum atomic E-state index is 12.4. The number of benzene rings is 1. The SMILES string of the molecule is CCC[C@@H](C)N1C[C@H](C(=O)NCc2cccc(NC(N)=O)c2)CC1=O. The van der Waals surface area contributed by atoms with Crippen molar-refractivity contribution in [1.82, 2.24) is 10.2 Å². The first-order chi connectivity index (χ1) is 11.9. The number of carbonyl (C=O) groups excluding carboxylic acids is 3. The maximum Gasteiger partial charge on any atom is 0.316 e. The molecule has 1 aliphatic heterocycles. The number of nitrogens with zero attached hydrogens (tertiary/aromatic N) is 1. The van der Waals surface area contributed by atoms with Crippen LogP contribution in [0.2, 0.25) is 0 Å². The van der Waals surface area contributed by atoms with Crippen LogP contribution in [0.3, 0.4) is 0 Å². The van der Waals surface area contributed by atoms with Gasteiger partial charge < -0.3 is 21.3 Å². The first kappa shape index (κ1) is 18.8. The second-order valence-corrected chi connectivity index (χ2v) is 6.49. The van der Waals surface area contributed by atoms with E-state index in [2.05, 4.69) is 17.6 Å². The van der Waals surface area contributed by atoms with Gasteiger partial charge in [-0.25, -0.2) is 4.79 Å². The summed E-state index contributed by atoms with van der Waals surface area (Å²) in [6, 6.07) is 6.64. The van der Waals surface area contributed by atoms with Crippen LogP contribution < -0.4 is 16.4 Å². The summed E-state index contributed by atoms with van der Waals surface area (Å²) in [6.45, 7) is 4.93. The van der Waals surface area contributed by atoms with Crippen LogP contribution in [0, 0.1) is 5.92 Å². The molecule has 1 saturated heterocycles. The van der Waals surface area contributed by atoms with E-state index in [0.29, 0.717) is 18.8 Å². The summed E-state index contributed by atoms with van der Waals surface area (Å²) < 4.78 is 0. The van der Waals surface area contributed by atoms with Gasteiger partial charge in [0.1, 0.15) is 0 Å². The van der Waals surface area contributed by atoms with Crippen molar-refractivity contribution < 1.29 is 14.4 Å². The number of amides is 4. The Labute approximate surface area is 147 Å². The molecule has 0 bridgehead atoms. The van der Waals surface area contributed by atoms with E-state index in [1.165, 1.54) is 0 Å². The molecule has 1 aliphatic rings. The van der Waals surface area contributed by atoms with Gasteiger partial charge in [-0.05, 0) is 31.0 Å². The summed E-state index contributed by atoms with van der Waals surface area (Å²) in [6.07, 6.45) is 2.22. The predicted octanol–water partition coefficient (Wildman–Crippen LogP) is 1.83. The topological polar surface area (TPSA) is 105 Å². The number of anilines is 1. The highest BCUT2D eigenvalue weighted by atomic mass is 16.2. The van der Waals surface area contributed by atoms with Gasteiger partial charge in [-0.2, -0.15) is 0 Å². The number of carbonyl (C=O) groups is 3. The minimum atomic E-state index is -0.632. The second kappa shape index (κ2) is 8.50. The monoisotopic (exact) mass is 346 g/mol. The highest BCUT2D eigenvalue weighted by Gasteiger charge is 2.36. The van der Waals surface area contributed by atoms with E-state index < -0.39 is 6.03 Å². The first-order valence-electron chi connectivity index (χ1n) is 8.63. The Bertz CT molecular complexity index is 647. The van der Waals surface area contributed by atoms with Crippen molar-refractivity contribution in [3.05, 3.63) is 29.8 Å². The molecule has 25 heavy (non-hydrogen) atoms. The minimum absolute atomic E-state index is 0.0498. The van der Waals surface area contributed by atoms with Gasteiger partial charge in [0.2, 0.25) is 11.8 Å². The van der Waals surface area contributed by atoms with Crippen LogP contribution in [-0.2, 0) is 16.1 Å². The molecular weight excluding hydrogens is 320 g/mol. The third-order valence-corrected chi connectivity index (χ3v) is 4.43. The van der Waals surface area contributed by atoms with E-state index in [1.807, 2.05) is 17.9 Å². The van der Waals surface area contributed by atoms with Crippen molar-refractivity contribution in [2.75, 3.05) is 11.9 Å². The molecule has 4 N–H and O–H groups in total. The Morgan fingerprint density at radius 1 is 1.40 bits per heavy atom. The molecule has 0 saturated carbocycles. The van der Waals surface area contributed by atoms with Crippen LogP contribution in [0.4, 0.5) is 10.5 Å². The van der Waals surface area contributed by atoms with Crippen molar-refractivity contribution >= 4 is 23.5 Å². The zero-order valence-electron chi connectivity index (χ0n) is 14.7. The van der Waals surface area contributed by atoms with Gasteiger partial charge in [0, 0.05) is 31.2 Å². The van der Waals surface area contributed by atoms with E-state index in [0.717, 1.165) is 18.4 Å². The molecule has 1 heterocycles. The molecule has 0 radical (unpaired) electrons. The second-order valence-electron chi connectivity index (χ2n) is 6.49. The Morgan fingerprint density at radius 3 is 2.84 bits per heavy atom. The zero-order valence-corrected chi connectivity index (χ0v) is 14.7. The van der Waals surface area contributed by atoms with Crippen LogP contribution in [0.5, 0.6) is 0 Å². The van der Waals surface area contributed by atoms with Crippen LogP contribution >= 0.6 is 0 Å². The average Bonchev–Trinajstić information content (AvgIpc) is 2.94. The number of nitrogens with two attached hydrogens (primary N) is 1. The van der Waals surface area contributed by atoms with Crippen LogP contribution in [0.1, 0.15) is 38.7 Å². The number of likely N-dealkylation sites (tertiary alicyclic amines) is 1. The van der Waals surface area contributed by atoms with Gasteiger partial charge in [0.25, 0.3) is 0 Å². The molecule has 0 unspecified atom stereocenters. The molecule has 4 amide bonds. The van der Waals surface area contributed by atoms with Crippen molar-refractivity contribution in [3.8, 4) is 0 Å². The molecule has 0 aliphatic carbocycles. The van der Waals surface area contributed by atoms with Gasteiger partial charge in [-0.1, -0.05) is 25.5 Å². The number of nitrogens with one attached hydrogen (secondary N) is 2. The lowest BCUT2D eigenvalue weighted by molar-refractivity contribution is -0.130. The molecule has 136 valence electrons. The quantitative estimate of drug-likeness (QED) is 0.701. The molecule has 0 spiro atoms. The molecule has 7 heteroatoms. The summed E-state index contributed by atoms with van der Waals surface area (Å²) in [5.41, 5.74) is 6.52. The first-order valence-corrected chi connectivity index (χ1v) is 8.63. The summed E-state index contributed by atoms with van der Waals surface area (Å²) in [7, 11) is 0. The van der Waals surface area contributed by atoms with Crippen LogP contribution in [0.25, 0.3) is 0 Å². The number of hydrogen-bond donors (Lipinski definition) is 3. The fourth-order valence-corrected chi connectivity index (χ4v) is 3.14. The lowest BCUT2D eigenvalue weighted by Gasteiger charge is -2.24. The third-order valence-electron chi connectivity index (χ3n) is 4.43. The Kier molecular flexibility index (Phi) is 6.38. The smallest absolute Gasteiger partial charge is 0.316 e. The average molecular weight is 346 g/mol. The van der Waals surface area contributed by atoms with Crippen molar-refractivity contribution in [2.45, 2.75) is 45.7 Å². The fraction of sp³-hybridized carbons (Fsp3) is 0.500. The Balaban J connectivity index is 1.88. The molecular formula is C18H26N4O3. The standard InChI is InChI=1S/C18H26N4O3/c1-3-5-12(2)22-11-14(9-16(22)23)17(24)20-10-13-6-4-7-15(8-13)21-18(19)25/h4,6-8,12,14H,3,5,9-11H2,1-2H3,(H,20,24)(H3,19,21,25)/t12-,14-/m1/s1. The highest BCUT2D eigenvalue weighted by Crippen LogP contribution is 2.22. The molecule has 1 aromatic rings. The van der Waals surface area contributed by atoms with Crippen molar-refractivity contribution in [3.63, 3.8) is 0 Å². The maximum absolute atomic E-state index is 12.4. The van der Waals surface area contributed by atoms with E-state index in [1.54, 1.807) is 18.2 Å². The van der Waals surface area contributed by atoms with E-state index >= 15 is 0 Å². The highest BCUT2D eigenvalue weighted by molar-refractivity contribution is 5.89. The largest absolute Gasteiger partial charge is 0.352 e. The summed E-state index contributed by atoms with van der Waals surface area (Å²) >= 11 is 0. The van der Waals surface area contributed by atoms with Gasteiger partial charge in [-0.15, -0.1) is 0 Å². The molecule has 2 rings (SSSR count). The molecule has 1 fully saturated rings. The van der Waals surface area contributed by atoms with Crippen LogP contribution in [0.15, 0.2) is 24.3 Å². The van der Waals surface area contributed by atoms with Gasteiger partial charge in [0.15, 0.2) is 0 Å². The molecule has 7 nitrogen and oxygen atoms in total. The van der Waals surface area contributed by atoms with Gasteiger partial charge in [0.05, 0.1) is 5.92 Å². The lowest BCUT2D eigenvalue weighted by Crippen LogP contribution is -2.36. The normalized spacial score (nSPS) is 18.1. The number of urea groups is 1. The van der Waals surface area contributed by atoms with Gasteiger partial charge in [-0.3, -0.25) is 9.59 Å². The van der Waals surface area contributed by atoms with E-state index in [4.69, 9.17) is 5.73 Å². The summed E-state index contributed by atoms with van der Waals surface area (Å²) in [5, 5.41) is 5.37. The Hall–Kier alpha value is -2.57. The number of rotatable bonds is 7. The number of hydrogen-bond acceptors (Lipinski definition) is 3.